The predicted molar refractivity (Wildman–Crippen MR) is 50.5 cm³/mol. The van der Waals surface area contributed by atoms with Crippen LogP contribution in [-0.2, 0) is 0 Å². The molecule has 0 radical (unpaired) electrons. The van der Waals surface area contributed by atoms with Crippen LogP contribution in [0.1, 0.15) is 37.3 Å². The molecule has 0 amide bonds. The van der Waals surface area contributed by atoms with Crippen LogP contribution in [0.3, 0.4) is 0 Å². The summed E-state index contributed by atoms with van der Waals surface area (Å²) in [6.07, 6.45) is 7.90. The molecule has 1 aliphatic carbocycles. The van der Waals surface area contributed by atoms with E-state index >= 15 is 0 Å². The Hall–Kier alpha value is -0.830. The third kappa shape index (κ3) is 1.91. The van der Waals surface area contributed by atoms with Crippen LogP contribution < -0.4 is 0 Å². The number of rotatable bonds is 1. The van der Waals surface area contributed by atoms with Crippen molar-refractivity contribution in [3.63, 3.8) is 0 Å². The molecule has 2 unspecified atom stereocenters. The van der Waals surface area contributed by atoms with E-state index in [1.165, 1.54) is 5.56 Å². The Morgan fingerprint density at radius 3 is 3.00 bits per heavy atom. The smallest absolute Gasteiger partial charge is 0.0560 e. The molecule has 1 heterocycles. The summed E-state index contributed by atoms with van der Waals surface area (Å²) in [4.78, 5) is 0. The maximum Gasteiger partial charge on any atom is 0.0560 e. The zero-order valence-electron chi connectivity index (χ0n) is 7.98. The lowest BCUT2D eigenvalue weighted by Gasteiger charge is -2.25. The largest absolute Gasteiger partial charge is 0.393 e. The van der Waals surface area contributed by atoms with Gasteiger partial charge in [0.15, 0.2) is 0 Å². The maximum atomic E-state index is 9.51. The van der Waals surface area contributed by atoms with Gasteiger partial charge in [-0.05, 0) is 38.2 Å². The van der Waals surface area contributed by atoms with E-state index < -0.39 is 0 Å². The molecule has 3 nitrogen and oxygen atoms in total. The Labute approximate surface area is 78.4 Å². The number of aromatic nitrogens is 2. The van der Waals surface area contributed by atoms with Crippen molar-refractivity contribution >= 4 is 0 Å². The summed E-state index contributed by atoms with van der Waals surface area (Å²) in [5.41, 5.74) is 1.19. The molecule has 1 aromatic heterocycles. The van der Waals surface area contributed by atoms with Crippen LogP contribution in [0, 0.1) is 6.92 Å². The highest BCUT2D eigenvalue weighted by Gasteiger charge is 2.21. The second-order valence-corrected chi connectivity index (χ2v) is 3.97. The fourth-order valence-corrected chi connectivity index (χ4v) is 2.01. The van der Waals surface area contributed by atoms with Gasteiger partial charge < -0.3 is 5.11 Å². The minimum absolute atomic E-state index is 0.122. The molecule has 0 spiro atoms. The number of aliphatic hydroxyl groups is 1. The SMILES string of the molecule is Cc1cnn(C2CCCC(O)C2)c1. The molecule has 2 rings (SSSR count). The molecule has 1 aliphatic rings. The fourth-order valence-electron chi connectivity index (χ4n) is 2.01. The highest BCUT2D eigenvalue weighted by atomic mass is 16.3. The Kier molecular flexibility index (Phi) is 2.36. The van der Waals surface area contributed by atoms with E-state index in [1.54, 1.807) is 0 Å². The average molecular weight is 180 g/mol. The summed E-state index contributed by atoms with van der Waals surface area (Å²) in [7, 11) is 0. The molecule has 3 heteroatoms. The summed E-state index contributed by atoms with van der Waals surface area (Å²) < 4.78 is 2.00. The van der Waals surface area contributed by atoms with Crippen molar-refractivity contribution in [3.05, 3.63) is 18.0 Å². The van der Waals surface area contributed by atoms with Crippen molar-refractivity contribution in [1.29, 1.82) is 0 Å². The van der Waals surface area contributed by atoms with E-state index in [0.29, 0.717) is 6.04 Å². The Balaban J connectivity index is 2.08. The minimum Gasteiger partial charge on any atom is -0.393 e. The van der Waals surface area contributed by atoms with Crippen molar-refractivity contribution in [1.82, 2.24) is 9.78 Å². The van der Waals surface area contributed by atoms with E-state index in [1.807, 2.05) is 17.8 Å². The van der Waals surface area contributed by atoms with Crippen molar-refractivity contribution in [2.24, 2.45) is 0 Å². The van der Waals surface area contributed by atoms with Crippen LogP contribution in [0.5, 0.6) is 0 Å². The second kappa shape index (κ2) is 3.50. The number of aryl methyl sites for hydroxylation is 1. The fraction of sp³-hybridized carbons (Fsp3) is 0.700. The van der Waals surface area contributed by atoms with Gasteiger partial charge in [0.05, 0.1) is 18.3 Å². The van der Waals surface area contributed by atoms with Gasteiger partial charge in [-0.3, -0.25) is 4.68 Å². The van der Waals surface area contributed by atoms with Crippen molar-refractivity contribution in [2.45, 2.75) is 44.8 Å². The summed E-state index contributed by atoms with van der Waals surface area (Å²) in [5, 5.41) is 13.8. The van der Waals surface area contributed by atoms with Crippen molar-refractivity contribution in [2.75, 3.05) is 0 Å². The Morgan fingerprint density at radius 2 is 2.38 bits per heavy atom. The first-order chi connectivity index (χ1) is 6.25. The molecular weight excluding hydrogens is 164 g/mol. The predicted octanol–water partition coefficient (Wildman–Crippen LogP) is 1.67. The quantitative estimate of drug-likeness (QED) is 0.713. The molecule has 2 atom stereocenters. The Morgan fingerprint density at radius 1 is 1.54 bits per heavy atom. The number of aliphatic hydroxyl groups excluding tert-OH is 1. The monoisotopic (exact) mass is 180 g/mol. The van der Waals surface area contributed by atoms with Crippen LogP contribution in [0.25, 0.3) is 0 Å². The van der Waals surface area contributed by atoms with E-state index in [9.17, 15) is 5.11 Å². The molecule has 13 heavy (non-hydrogen) atoms. The molecule has 0 saturated heterocycles. The first-order valence-corrected chi connectivity index (χ1v) is 4.94. The Bertz CT molecular complexity index is 282. The first kappa shape index (κ1) is 8.75. The molecule has 1 saturated carbocycles. The lowest BCUT2D eigenvalue weighted by Crippen LogP contribution is -2.22. The number of hydrogen-bond donors (Lipinski definition) is 1. The number of nitrogens with zero attached hydrogens (tertiary/aromatic N) is 2. The van der Waals surface area contributed by atoms with E-state index in [2.05, 4.69) is 11.3 Å². The van der Waals surface area contributed by atoms with Crippen LogP contribution in [0.4, 0.5) is 0 Å². The summed E-state index contributed by atoms with van der Waals surface area (Å²) >= 11 is 0. The molecule has 72 valence electrons. The van der Waals surface area contributed by atoms with Gasteiger partial charge in [-0.15, -0.1) is 0 Å². The van der Waals surface area contributed by atoms with E-state index in [0.717, 1.165) is 25.7 Å². The normalized spacial score (nSPS) is 29.1. The van der Waals surface area contributed by atoms with Gasteiger partial charge in [-0.1, -0.05) is 0 Å². The third-order valence-electron chi connectivity index (χ3n) is 2.72. The molecule has 0 bridgehead atoms. The molecule has 1 aromatic rings. The van der Waals surface area contributed by atoms with Gasteiger partial charge in [0.25, 0.3) is 0 Å². The van der Waals surface area contributed by atoms with Gasteiger partial charge in [0, 0.05) is 6.20 Å². The van der Waals surface area contributed by atoms with Crippen molar-refractivity contribution < 1.29 is 5.11 Å². The highest BCUT2D eigenvalue weighted by Crippen LogP contribution is 2.27. The summed E-state index contributed by atoms with van der Waals surface area (Å²) in [6, 6.07) is 0.414. The molecule has 0 aliphatic heterocycles. The van der Waals surface area contributed by atoms with Crippen LogP contribution >= 0.6 is 0 Å². The first-order valence-electron chi connectivity index (χ1n) is 4.94. The highest BCUT2D eigenvalue weighted by molar-refractivity contribution is 5.00. The van der Waals surface area contributed by atoms with E-state index in [-0.39, 0.29) is 6.10 Å². The third-order valence-corrected chi connectivity index (χ3v) is 2.72. The summed E-state index contributed by atoms with van der Waals surface area (Å²) in [6.45, 7) is 2.04. The maximum absolute atomic E-state index is 9.51. The van der Waals surface area contributed by atoms with Gasteiger partial charge in [-0.2, -0.15) is 5.10 Å². The van der Waals surface area contributed by atoms with Crippen LogP contribution in [-0.4, -0.2) is 21.0 Å². The van der Waals surface area contributed by atoms with Gasteiger partial charge in [0.2, 0.25) is 0 Å². The van der Waals surface area contributed by atoms with Gasteiger partial charge in [0.1, 0.15) is 0 Å². The molecule has 1 N–H and O–H groups in total. The molecule has 0 aromatic carbocycles. The van der Waals surface area contributed by atoms with Crippen molar-refractivity contribution in [3.8, 4) is 0 Å². The van der Waals surface area contributed by atoms with Crippen LogP contribution in [0.2, 0.25) is 0 Å². The zero-order chi connectivity index (χ0) is 9.26. The zero-order valence-corrected chi connectivity index (χ0v) is 7.98. The lowest BCUT2D eigenvalue weighted by molar-refractivity contribution is 0.100. The minimum atomic E-state index is -0.122. The van der Waals surface area contributed by atoms with E-state index in [4.69, 9.17) is 0 Å². The van der Waals surface area contributed by atoms with Gasteiger partial charge in [-0.25, -0.2) is 0 Å². The van der Waals surface area contributed by atoms with Crippen LogP contribution in [0.15, 0.2) is 12.4 Å². The molecule has 1 fully saturated rings. The second-order valence-electron chi connectivity index (χ2n) is 3.97. The average Bonchev–Trinajstić information content (AvgIpc) is 2.52. The van der Waals surface area contributed by atoms with Gasteiger partial charge >= 0.3 is 0 Å². The number of hydrogen-bond acceptors (Lipinski definition) is 2. The lowest BCUT2D eigenvalue weighted by atomic mass is 9.93. The standard InChI is InChI=1S/C10H16N2O/c1-8-6-11-12(7-8)9-3-2-4-10(13)5-9/h6-7,9-10,13H,2-5H2,1H3. The molecular formula is C10H16N2O. The topological polar surface area (TPSA) is 38.0 Å². The summed E-state index contributed by atoms with van der Waals surface area (Å²) in [5.74, 6) is 0.